The maximum absolute atomic E-state index is 11.5. The highest BCUT2D eigenvalue weighted by Crippen LogP contribution is 2.04. The van der Waals surface area contributed by atoms with Crippen LogP contribution in [0.3, 0.4) is 0 Å². The molecule has 0 aliphatic rings. The van der Waals surface area contributed by atoms with Gasteiger partial charge in [-0.05, 0) is 31.4 Å². The molecule has 0 saturated carbocycles. The van der Waals surface area contributed by atoms with Gasteiger partial charge in [0.05, 0.1) is 12.2 Å². The van der Waals surface area contributed by atoms with Gasteiger partial charge in [0, 0.05) is 0 Å². The van der Waals surface area contributed by atoms with Gasteiger partial charge in [-0.3, -0.25) is 4.79 Å². The quantitative estimate of drug-likeness (QED) is 0.565. The van der Waals surface area contributed by atoms with Gasteiger partial charge in [-0.25, -0.2) is 4.79 Å². The molecule has 1 atom stereocenters. The highest BCUT2D eigenvalue weighted by Gasteiger charge is 2.10. The number of ether oxygens (including phenoxy) is 1. The van der Waals surface area contributed by atoms with Crippen molar-refractivity contribution in [1.29, 1.82) is 0 Å². The molecule has 5 heteroatoms. The van der Waals surface area contributed by atoms with E-state index in [1.54, 1.807) is 24.3 Å². The van der Waals surface area contributed by atoms with E-state index in [-0.39, 0.29) is 12.6 Å². The lowest BCUT2D eigenvalue weighted by Gasteiger charge is -2.07. The van der Waals surface area contributed by atoms with Gasteiger partial charge in [0.1, 0.15) is 6.04 Å². The Labute approximate surface area is 106 Å². The number of hydrogen-bond donors (Lipinski definition) is 2. The fourth-order valence-corrected chi connectivity index (χ4v) is 1.41. The number of nitrogens with two attached hydrogens (primary N) is 1. The number of carboxylic acids is 1. The van der Waals surface area contributed by atoms with Crippen LogP contribution in [0.1, 0.15) is 29.6 Å². The van der Waals surface area contributed by atoms with Crippen LogP contribution >= 0.6 is 0 Å². The van der Waals surface area contributed by atoms with Crippen molar-refractivity contribution in [2.45, 2.75) is 25.3 Å². The van der Waals surface area contributed by atoms with Crippen LogP contribution in [0, 0.1) is 0 Å². The summed E-state index contributed by atoms with van der Waals surface area (Å²) in [6, 6.07) is 7.88. The Bertz CT molecular complexity index is 391. The van der Waals surface area contributed by atoms with Gasteiger partial charge in [0.2, 0.25) is 0 Å². The zero-order valence-electron chi connectivity index (χ0n) is 10.0. The first kappa shape index (κ1) is 14.2. The van der Waals surface area contributed by atoms with E-state index in [0.29, 0.717) is 24.8 Å². The number of aliphatic carboxylic acids is 1. The van der Waals surface area contributed by atoms with Gasteiger partial charge >= 0.3 is 11.9 Å². The van der Waals surface area contributed by atoms with Crippen molar-refractivity contribution in [3.05, 3.63) is 35.9 Å². The fraction of sp³-hybridized carbons (Fsp3) is 0.385. The summed E-state index contributed by atoms with van der Waals surface area (Å²) in [6.45, 7) is 0.278. The Hall–Kier alpha value is -1.88. The number of carboxylic acid groups (broad SMARTS) is 1. The van der Waals surface area contributed by atoms with Crippen molar-refractivity contribution in [3.63, 3.8) is 0 Å². The highest BCUT2D eigenvalue weighted by atomic mass is 16.5. The first-order chi connectivity index (χ1) is 8.61. The van der Waals surface area contributed by atoms with Crippen LogP contribution in [0.2, 0.25) is 0 Å². The molecule has 0 spiro atoms. The maximum atomic E-state index is 11.5. The number of carbonyl (C=O) groups is 2. The second-order valence-corrected chi connectivity index (χ2v) is 3.94. The zero-order chi connectivity index (χ0) is 13.4. The Morgan fingerprint density at radius 1 is 1.22 bits per heavy atom. The van der Waals surface area contributed by atoms with Crippen molar-refractivity contribution in [3.8, 4) is 0 Å². The van der Waals surface area contributed by atoms with Gasteiger partial charge in [-0.15, -0.1) is 0 Å². The molecule has 1 aromatic rings. The minimum atomic E-state index is -1.00. The van der Waals surface area contributed by atoms with E-state index < -0.39 is 12.0 Å². The molecular formula is C13H17NO4. The number of benzene rings is 1. The monoisotopic (exact) mass is 251 g/mol. The lowest BCUT2D eigenvalue weighted by Crippen LogP contribution is -2.29. The molecule has 3 N–H and O–H groups in total. The smallest absolute Gasteiger partial charge is 0.338 e. The van der Waals surface area contributed by atoms with Crippen LogP contribution in [0.25, 0.3) is 0 Å². The minimum absolute atomic E-state index is 0.278. The largest absolute Gasteiger partial charge is 0.480 e. The Kier molecular flexibility index (Phi) is 5.87. The number of esters is 1. The molecule has 1 aromatic carbocycles. The third kappa shape index (κ3) is 4.97. The van der Waals surface area contributed by atoms with E-state index in [2.05, 4.69) is 0 Å². The minimum Gasteiger partial charge on any atom is -0.480 e. The molecule has 0 amide bonds. The van der Waals surface area contributed by atoms with E-state index in [1.807, 2.05) is 6.07 Å². The SMILES string of the molecule is N[C@@H](CCCCOC(=O)c1ccccc1)C(=O)O. The summed E-state index contributed by atoms with van der Waals surface area (Å²) in [4.78, 5) is 22.0. The van der Waals surface area contributed by atoms with Crippen molar-refractivity contribution < 1.29 is 19.4 Å². The van der Waals surface area contributed by atoms with Crippen LogP contribution in [0.15, 0.2) is 30.3 Å². The predicted octanol–water partition coefficient (Wildman–Crippen LogP) is 1.43. The fourth-order valence-electron chi connectivity index (χ4n) is 1.41. The summed E-state index contributed by atoms with van der Waals surface area (Å²) >= 11 is 0. The average molecular weight is 251 g/mol. The van der Waals surface area contributed by atoms with E-state index in [1.165, 1.54) is 0 Å². The first-order valence-electron chi connectivity index (χ1n) is 5.82. The Morgan fingerprint density at radius 3 is 2.50 bits per heavy atom. The number of unbranched alkanes of at least 4 members (excludes halogenated alkanes) is 1. The summed E-state index contributed by atoms with van der Waals surface area (Å²) in [7, 11) is 0. The molecule has 0 radical (unpaired) electrons. The molecule has 0 saturated heterocycles. The van der Waals surface area contributed by atoms with E-state index in [9.17, 15) is 9.59 Å². The Morgan fingerprint density at radius 2 is 1.89 bits per heavy atom. The standard InChI is InChI=1S/C13H17NO4/c14-11(12(15)16)8-4-5-9-18-13(17)10-6-2-1-3-7-10/h1-3,6-7,11H,4-5,8-9,14H2,(H,15,16)/t11-/m0/s1. The molecule has 0 fully saturated rings. The second-order valence-electron chi connectivity index (χ2n) is 3.94. The van der Waals surface area contributed by atoms with Gasteiger partial charge in [0.15, 0.2) is 0 Å². The topological polar surface area (TPSA) is 89.6 Å². The lowest BCUT2D eigenvalue weighted by atomic mass is 10.1. The van der Waals surface area contributed by atoms with Gasteiger partial charge in [-0.1, -0.05) is 18.2 Å². The predicted molar refractivity (Wildman–Crippen MR) is 66.2 cm³/mol. The summed E-state index contributed by atoms with van der Waals surface area (Å²) < 4.78 is 5.04. The van der Waals surface area contributed by atoms with E-state index >= 15 is 0 Å². The maximum Gasteiger partial charge on any atom is 0.338 e. The molecule has 1 rings (SSSR count). The van der Waals surface area contributed by atoms with Crippen molar-refractivity contribution >= 4 is 11.9 Å². The third-order valence-corrected chi connectivity index (χ3v) is 2.47. The molecule has 0 unspecified atom stereocenters. The van der Waals surface area contributed by atoms with Gasteiger partial charge in [-0.2, -0.15) is 0 Å². The summed E-state index contributed by atoms with van der Waals surface area (Å²) in [5.74, 6) is -1.37. The number of hydrogen-bond acceptors (Lipinski definition) is 4. The van der Waals surface area contributed by atoms with E-state index in [0.717, 1.165) is 0 Å². The molecule has 98 valence electrons. The summed E-state index contributed by atoms with van der Waals surface area (Å²) in [6.07, 6.45) is 1.62. The van der Waals surface area contributed by atoms with Gasteiger partial charge in [0.25, 0.3) is 0 Å². The van der Waals surface area contributed by atoms with Crippen molar-refractivity contribution in [1.82, 2.24) is 0 Å². The lowest BCUT2D eigenvalue weighted by molar-refractivity contribution is -0.138. The van der Waals surface area contributed by atoms with Crippen LogP contribution in [0.4, 0.5) is 0 Å². The molecule has 0 heterocycles. The molecule has 0 bridgehead atoms. The molecular weight excluding hydrogens is 234 g/mol. The number of carbonyl (C=O) groups excluding carboxylic acids is 1. The molecule has 0 aliphatic carbocycles. The average Bonchev–Trinajstić information content (AvgIpc) is 2.38. The second kappa shape index (κ2) is 7.45. The number of rotatable bonds is 7. The Balaban J connectivity index is 2.15. The summed E-state index contributed by atoms with van der Waals surface area (Å²) in [5, 5.41) is 8.57. The molecule has 0 aliphatic heterocycles. The van der Waals surface area contributed by atoms with Crippen molar-refractivity contribution in [2.75, 3.05) is 6.61 Å². The normalized spacial score (nSPS) is 11.8. The van der Waals surface area contributed by atoms with Crippen LogP contribution < -0.4 is 5.73 Å². The third-order valence-electron chi connectivity index (χ3n) is 2.47. The summed E-state index contributed by atoms with van der Waals surface area (Å²) in [5.41, 5.74) is 5.86. The van der Waals surface area contributed by atoms with Crippen LogP contribution in [-0.2, 0) is 9.53 Å². The molecule has 0 aromatic heterocycles. The molecule has 18 heavy (non-hydrogen) atoms. The van der Waals surface area contributed by atoms with Gasteiger partial charge < -0.3 is 15.6 Å². The van der Waals surface area contributed by atoms with Crippen molar-refractivity contribution in [2.24, 2.45) is 5.73 Å². The highest BCUT2D eigenvalue weighted by molar-refractivity contribution is 5.89. The zero-order valence-corrected chi connectivity index (χ0v) is 10.0. The first-order valence-corrected chi connectivity index (χ1v) is 5.82. The van der Waals surface area contributed by atoms with Crippen LogP contribution in [0.5, 0.6) is 0 Å². The van der Waals surface area contributed by atoms with Crippen LogP contribution in [-0.4, -0.2) is 29.7 Å². The molecule has 5 nitrogen and oxygen atoms in total. The van der Waals surface area contributed by atoms with E-state index in [4.69, 9.17) is 15.6 Å².